The molecule has 0 radical (unpaired) electrons. The third-order valence-electron chi connectivity index (χ3n) is 5.42. The van der Waals surface area contributed by atoms with Gasteiger partial charge in [0.05, 0.1) is 25.8 Å². The van der Waals surface area contributed by atoms with E-state index in [1.54, 1.807) is 7.11 Å². The van der Waals surface area contributed by atoms with Crippen molar-refractivity contribution in [2.75, 3.05) is 33.3 Å². The molecule has 1 aromatic rings. The van der Waals surface area contributed by atoms with Crippen molar-refractivity contribution in [1.29, 1.82) is 0 Å². The number of nitrogens with zero attached hydrogens (tertiary/aromatic N) is 2. The summed E-state index contributed by atoms with van der Waals surface area (Å²) < 4.78 is 5.22. The molecule has 2 aliphatic heterocycles. The van der Waals surface area contributed by atoms with Gasteiger partial charge in [0.2, 0.25) is 5.91 Å². The van der Waals surface area contributed by atoms with Crippen LogP contribution >= 0.6 is 0 Å². The summed E-state index contributed by atoms with van der Waals surface area (Å²) >= 11 is 0. The Morgan fingerprint density at radius 3 is 2.67 bits per heavy atom. The van der Waals surface area contributed by atoms with E-state index in [2.05, 4.69) is 17.0 Å². The van der Waals surface area contributed by atoms with Crippen molar-refractivity contribution >= 4 is 5.91 Å². The van der Waals surface area contributed by atoms with Crippen LogP contribution in [0.2, 0.25) is 0 Å². The summed E-state index contributed by atoms with van der Waals surface area (Å²) in [7, 11) is 1.66. The Bertz CT molecular complexity index is 558. The summed E-state index contributed by atoms with van der Waals surface area (Å²) in [5, 5.41) is 9.72. The van der Waals surface area contributed by atoms with Crippen LogP contribution in [0.3, 0.4) is 0 Å². The van der Waals surface area contributed by atoms with E-state index in [9.17, 15) is 9.90 Å². The first-order valence-electron chi connectivity index (χ1n) is 8.92. The molecule has 0 aromatic heterocycles. The van der Waals surface area contributed by atoms with Crippen LogP contribution in [0.5, 0.6) is 5.75 Å². The standard InChI is InChI=1S/C19H28N2O3/c1-14(22)16-9-11-20(12-16)13-19(23)21-10-3-4-18(21)15-5-7-17(24-2)8-6-15/h5-8,14,16,18,22H,3-4,9-13H2,1-2H3. The fraction of sp³-hybridized carbons (Fsp3) is 0.632. The van der Waals surface area contributed by atoms with Crippen LogP contribution in [0.15, 0.2) is 24.3 Å². The van der Waals surface area contributed by atoms with Gasteiger partial charge in [-0.15, -0.1) is 0 Å². The second kappa shape index (κ2) is 7.53. The van der Waals surface area contributed by atoms with Gasteiger partial charge >= 0.3 is 0 Å². The molecule has 1 aromatic carbocycles. The number of rotatable bonds is 5. The largest absolute Gasteiger partial charge is 0.497 e. The van der Waals surface area contributed by atoms with Gasteiger partial charge in [-0.25, -0.2) is 0 Å². The molecule has 2 heterocycles. The summed E-state index contributed by atoms with van der Waals surface area (Å²) in [5.41, 5.74) is 1.19. The summed E-state index contributed by atoms with van der Waals surface area (Å²) in [6, 6.07) is 8.23. The first-order chi connectivity index (χ1) is 11.6. The minimum absolute atomic E-state index is 0.179. The first-order valence-corrected chi connectivity index (χ1v) is 8.92. The molecule has 0 spiro atoms. The van der Waals surface area contributed by atoms with E-state index in [4.69, 9.17) is 4.74 Å². The van der Waals surface area contributed by atoms with Crippen molar-refractivity contribution in [1.82, 2.24) is 9.80 Å². The maximum atomic E-state index is 12.8. The zero-order valence-electron chi connectivity index (χ0n) is 14.6. The molecular weight excluding hydrogens is 304 g/mol. The predicted molar refractivity (Wildman–Crippen MR) is 92.9 cm³/mol. The number of hydrogen-bond acceptors (Lipinski definition) is 4. The lowest BCUT2D eigenvalue weighted by atomic mass is 10.0. The number of hydrogen-bond donors (Lipinski definition) is 1. The van der Waals surface area contributed by atoms with E-state index >= 15 is 0 Å². The number of likely N-dealkylation sites (tertiary alicyclic amines) is 2. The van der Waals surface area contributed by atoms with E-state index in [1.165, 1.54) is 5.56 Å². The maximum absolute atomic E-state index is 12.8. The Kier molecular flexibility index (Phi) is 5.41. The van der Waals surface area contributed by atoms with Gasteiger partial charge in [0.25, 0.3) is 0 Å². The number of aliphatic hydroxyl groups is 1. The zero-order valence-corrected chi connectivity index (χ0v) is 14.6. The summed E-state index contributed by atoms with van der Waals surface area (Å²) in [6.07, 6.45) is 2.77. The highest BCUT2D eigenvalue weighted by Gasteiger charge is 2.33. The number of ether oxygens (including phenoxy) is 1. The van der Waals surface area contributed by atoms with Crippen molar-refractivity contribution in [2.24, 2.45) is 5.92 Å². The van der Waals surface area contributed by atoms with Gasteiger partial charge in [-0.2, -0.15) is 0 Å². The van der Waals surface area contributed by atoms with Crippen LogP contribution in [-0.4, -0.2) is 60.2 Å². The van der Waals surface area contributed by atoms with Gasteiger partial charge in [-0.1, -0.05) is 12.1 Å². The molecule has 24 heavy (non-hydrogen) atoms. The SMILES string of the molecule is COc1ccc(C2CCCN2C(=O)CN2CCC(C(C)O)C2)cc1. The second-order valence-electron chi connectivity index (χ2n) is 7.04. The topological polar surface area (TPSA) is 53.0 Å². The molecular formula is C19H28N2O3. The van der Waals surface area contributed by atoms with Crippen LogP contribution in [0, 0.1) is 5.92 Å². The van der Waals surface area contributed by atoms with Gasteiger partial charge < -0.3 is 14.7 Å². The first kappa shape index (κ1) is 17.2. The van der Waals surface area contributed by atoms with E-state index in [0.29, 0.717) is 12.5 Å². The summed E-state index contributed by atoms with van der Waals surface area (Å²) in [4.78, 5) is 17.0. The molecule has 5 heteroatoms. The van der Waals surface area contributed by atoms with Gasteiger partial charge in [-0.05, 0) is 56.3 Å². The van der Waals surface area contributed by atoms with Crippen molar-refractivity contribution < 1.29 is 14.6 Å². The van der Waals surface area contributed by atoms with Crippen LogP contribution in [0.25, 0.3) is 0 Å². The number of carbonyl (C=O) groups is 1. The van der Waals surface area contributed by atoms with Crippen LogP contribution in [0.1, 0.15) is 37.8 Å². The molecule has 1 N–H and O–H groups in total. The van der Waals surface area contributed by atoms with Crippen molar-refractivity contribution in [3.63, 3.8) is 0 Å². The predicted octanol–water partition coefficient (Wildman–Crippen LogP) is 2.06. The van der Waals surface area contributed by atoms with Crippen LogP contribution in [-0.2, 0) is 4.79 Å². The Hall–Kier alpha value is -1.59. The molecule has 132 valence electrons. The number of carbonyl (C=O) groups excluding carboxylic acids is 1. The fourth-order valence-corrected chi connectivity index (χ4v) is 3.92. The van der Waals surface area contributed by atoms with Gasteiger partial charge in [0.15, 0.2) is 0 Å². The zero-order chi connectivity index (χ0) is 17.1. The molecule has 3 rings (SSSR count). The third-order valence-corrected chi connectivity index (χ3v) is 5.42. The highest BCUT2D eigenvalue weighted by atomic mass is 16.5. The monoisotopic (exact) mass is 332 g/mol. The highest BCUT2D eigenvalue weighted by Crippen LogP contribution is 2.33. The number of benzene rings is 1. The lowest BCUT2D eigenvalue weighted by Gasteiger charge is -2.27. The van der Waals surface area contributed by atoms with Crippen molar-refractivity contribution in [2.45, 2.75) is 38.3 Å². The number of aliphatic hydroxyl groups excluding tert-OH is 1. The lowest BCUT2D eigenvalue weighted by Crippen LogP contribution is -2.39. The number of methoxy groups -OCH3 is 1. The molecule has 1 amide bonds. The van der Waals surface area contributed by atoms with Gasteiger partial charge in [0.1, 0.15) is 5.75 Å². The average Bonchev–Trinajstić information content (AvgIpc) is 3.24. The maximum Gasteiger partial charge on any atom is 0.237 e. The van der Waals surface area contributed by atoms with Crippen molar-refractivity contribution in [3.8, 4) is 5.75 Å². The Balaban J connectivity index is 1.61. The molecule has 2 aliphatic rings. The lowest BCUT2D eigenvalue weighted by molar-refractivity contribution is -0.133. The van der Waals surface area contributed by atoms with E-state index in [-0.39, 0.29) is 18.1 Å². The normalized spacial score (nSPS) is 25.9. The molecule has 2 fully saturated rings. The number of amides is 1. The smallest absolute Gasteiger partial charge is 0.237 e. The minimum Gasteiger partial charge on any atom is -0.497 e. The summed E-state index contributed by atoms with van der Waals surface area (Å²) in [5.74, 6) is 1.35. The Labute approximate surface area is 144 Å². The third kappa shape index (κ3) is 3.73. The highest BCUT2D eigenvalue weighted by molar-refractivity contribution is 5.79. The Morgan fingerprint density at radius 1 is 1.29 bits per heavy atom. The molecule has 2 saturated heterocycles. The molecule has 0 bridgehead atoms. The quantitative estimate of drug-likeness (QED) is 0.897. The van der Waals surface area contributed by atoms with Crippen LogP contribution < -0.4 is 4.74 Å². The Morgan fingerprint density at radius 2 is 2.04 bits per heavy atom. The molecule has 0 aliphatic carbocycles. The molecule has 5 nitrogen and oxygen atoms in total. The van der Waals surface area contributed by atoms with Crippen molar-refractivity contribution in [3.05, 3.63) is 29.8 Å². The van der Waals surface area contributed by atoms with E-state index in [1.807, 2.05) is 24.0 Å². The van der Waals surface area contributed by atoms with E-state index < -0.39 is 0 Å². The fourth-order valence-electron chi connectivity index (χ4n) is 3.92. The second-order valence-corrected chi connectivity index (χ2v) is 7.04. The molecule has 0 saturated carbocycles. The van der Waals surface area contributed by atoms with Gasteiger partial charge in [0, 0.05) is 13.1 Å². The molecule has 3 atom stereocenters. The van der Waals surface area contributed by atoms with E-state index in [0.717, 1.165) is 44.6 Å². The van der Waals surface area contributed by atoms with Crippen LogP contribution in [0.4, 0.5) is 0 Å². The summed E-state index contributed by atoms with van der Waals surface area (Å²) in [6.45, 7) is 4.88. The average molecular weight is 332 g/mol. The molecule has 3 unspecified atom stereocenters. The minimum atomic E-state index is -0.288. The van der Waals surface area contributed by atoms with Gasteiger partial charge in [-0.3, -0.25) is 9.69 Å².